The van der Waals surface area contributed by atoms with E-state index in [1.807, 2.05) is 30.3 Å². The standard InChI is InChI=1S/C16H11N5O/c22-14-7-6-12(18-19-14)15-13-10-17-8-9-21(13)20-16(15)11-4-2-1-3-5-11/h1-10H,(H,19,22). The first-order valence-corrected chi connectivity index (χ1v) is 6.77. The van der Waals surface area contributed by atoms with Gasteiger partial charge in [0.25, 0.3) is 5.56 Å². The van der Waals surface area contributed by atoms with Crippen LogP contribution in [0.3, 0.4) is 0 Å². The van der Waals surface area contributed by atoms with Gasteiger partial charge in [0.15, 0.2) is 0 Å². The van der Waals surface area contributed by atoms with Gasteiger partial charge in [-0.3, -0.25) is 9.78 Å². The van der Waals surface area contributed by atoms with Gasteiger partial charge in [-0.1, -0.05) is 30.3 Å². The molecule has 0 aliphatic rings. The minimum Gasteiger partial charge on any atom is -0.268 e. The Hall–Kier alpha value is -3.28. The van der Waals surface area contributed by atoms with Gasteiger partial charge in [0.05, 0.1) is 23.0 Å². The molecule has 6 nitrogen and oxygen atoms in total. The van der Waals surface area contributed by atoms with Crippen LogP contribution >= 0.6 is 0 Å². The second-order valence-electron chi connectivity index (χ2n) is 4.80. The number of nitrogens with zero attached hydrogens (tertiary/aromatic N) is 4. The van der Waals surface area contributed by atoms with Crippen molar-refractivity contribution in [2.24, 2.45) is 0 Å². The molecule has 0 aliphatic heterocycles. The van der Waals surface area contributed by atoms with Crippen molar-refractivity contribution >= 4 is 5.52 Å². The lowest BCUT2D eigenvalue weighted by atomic mass is 10.0. The minimum absolute atomic E-state index is 0.236. The first-order chi connectivity index (χ1) is 10.8. The zero-order valence-corrected chi connectivity index (χ0v) is 11.5. The maximum atomic E-state index is 11.3. The highest BCUT2D eigenvalue weighted by atomic mass is 16.1. The quantitative estimate of drug-likeness (QED) is 0.613. The van der Waals surface area contributed by atoms with Crippen molar-refractivity contribution in [3.05, 3.63) is 71.4 Å². The third kappa shape index (κ3) is 1.98. The van der Waals surface area contributed by atoms with Crippen LogP contribution in [0.25, 0.3) is 28.0 Å². The molecule has 0 aliphatic carbocycles. The molecule has 4 aromatic rings. The monoisotopic (exact) mass is 289 g/mol. The van der Waals surface area contributed by atoms with E-state index in [4.69, 9.17) is 0 Å². The maximum absolute atomic E-state index is 11.3. The molecule has 4 rings (SSSR count). The van der Waals surface area contributed by atoms with Gasteiger partial charge in [-0.25, -0.2) is 9.61 Å². The number of aromatic nitrogens is 5. The fourth-order valence-electron chi connectivity index (χ4n) is 2.43. The summed E-state index contributed by atoms with van der Waals surface area (Å²) in [6.07, 6.45) is 5.21. The molecular formula is C16H11N5O. The predicted molar refractivity (Wildman–Crippen MR) is 82.3 cm³/mol. The van der Waals surface area contributed by atoms with E-state index in [-0.39, 0.29) is 5.56 Å². The Morgan fingerprint density at radius 1 is 1.05 bits per heavy atom. The number of hydrogen-bond donors (Lipinski definition) is 1. The van der Waals surface area contributed by atoms with Crippen molar-refractivity contribution in [1.29, 1.82) is 0 Å². The van der Waals surface area contributed by atoms with Crippen LogP contribution in [0, 0.1) is 0 Å². The van der Waals surface area contributed by atoms with E-state index < -0.39 is 0 Å². The molecule has 106 valence electrons. The van der Waals surface area contributed by atoms with Gasteiger partial charge in [0.1, 0.15) is 5.69 Å². The average Bonchev–Trinajstić information content (AvgIpc) is 2.96. The largest absolute Gasteiger partial charge is 0.268 e. The molecule has 0 amide bonds. The summed E-state index contributed by atoms with van der Waals surface area (Å²) in [5.74, 6) is 0. The molecule has 0 atom stereocenters. The Bertz CT molecular complexity index is 983. The molecule has 1 aromatic carbocycles. The fraction of sp³-hybridized carbons (Fsp3) is 0. The molecule has 0 unspecified atom stereocenters. The van der Waals surface area contributed by atoms with Gasteiger partial charge in [0, 0.05) is 24.0 Å². The third-order valence-electron chi connectivity index (χ3n) is 3.42. The van der Waals surface area contributed by atoms with E-state index in [1.54, 1.807) is 29.2 Å². The van der Waals surface area contributed by atoms with Crippen LogP contribution < -0.4 is 5.56 Å². The van der Waals surface area contributed by atoms with E-state index in [0.29, 0.717) is 5.69 Å². The highest BCUT2D eigenvalue weighted by Crippen LogP contribution is 2.32. The summed E-state index contributed by atoms with van der Waals surface area (Å²) in [5.41, 5.74) is 3.87. The normalized spacial score (nSPS) is 10.9. The Kier molecular flexibility index (Phi) is 2.79. The first-order valence-electron chi connectivity index (χ1n) is 6.77. The topological polar surface area (TPSA) is 75.9 Å². The lowest BCUT2D eigenvalue weighted by molar-refractivity contribution is 0.950. The van der Waals surface area contributed by atoms with Crippen molar-refractivity contribution < 1.29 is 0 Å². The summed E-state index contributed by atoms with van der Waals surface area (Å²) in [4.78, 5) is 15.4. The number of rotatable bonds is 2. The van der Waals surface area contributed by atoms with Crippen LogP contribution in [-0.2, 0) is 0 Å². The molecule has 0 bridgehead atoms. The summed E-state index contributed by atoms with van der Waals surface area (Å²) in [6, 6.07) is 13.0. The Balaban J connectivity index is 2.06. The summed E-state index contributed by atoms with van der Waals surface area (Å²) in [6.45, 7) is 0. The molecule has 0 fully saturated rings. The van der Waals surface area contributed by atoms with Gasteiger partial charge in [0.2, 0.25) is 0 Å². The second kappa shape index (κ2) is 4.92. The molecule has 0 saturated heterocycles. The lowest BCUT2D eigenvalue weighted by Crippen LogP contribution is -2.05. The third-order valence-corrected chi connectivity index (χ3v) is 3.42. The van der Waals surface area contributed by atoms with Crippen LogP contribution in [0.2, 0.25) is 0 Å². The highest BCUT2D eigenvalue weighted by molar-refractivity contribution is 5.90. The molecule has 3 heterocycles. The Labute approximate surface area is 125 Å². The molecular weight excluding hydrogens is 278 g/mol. The molecule has 0 spiro atoms. The van der Waals surface area contributed by atoms with Gasteiger partial charge in [-0.2, -0.15) is 10.2 Å². The highest BCUT2D eigenvalue weighted by Gasteiger charge is 2.17. The number of benzene rings is 1. The first kappa shape index (κ1) is 12.5. The van der Waals surface area contributed by atoms with Crippen molar-refractivity contribution in [2.45, 2.75) is 0 Å². The SMILES string of the molecule is O=c1ccc(-c2c(-c3ccccc3)nn3ccncc23)n[nH]1. The van der Waals surface area contributed by atoms with E-state index in [1.165, 1.54) is 6.07 Å². The van der Waals surface area contributed by atoms with Gasteiger partial charge < -0.3 is 0 Å². The Morgan fingerprint density at radius 3 is 2.68 bits per heavy atom. The van der Waals surface area contributed by atoms with E-state index in [2.05, 4.69) is 20.3 Å². The lowest BCUT2D eigenvalue weighted by Gasteiger charge is -2.02. The van der Waals surface area contributed by atoms with Crippen molar-refractivity contribution in [1.82, 2.24) is 24.8 Å². The van der Waals surface area contributed by atoms with Crippen LogP contribution in [0.4, 0.5) is 0 Å². The summed E-state index contributed by atoms with van der Waals surface area (Å²) >= 11 is 0. The van der Waals surface area contributed by atoms with E-state index in [0.717, 1.165) is 22.3 Å². The number of fused-ring (bicyclic) bond motifs is 1. The van der Waals surface area contributed by atoms with Crippen molar-refractivity contribution in [3.8, 4) is 22.5 Å². The zero-order chi connectivity index (χ0) is 14.9. The maximum Gasteiger partial charge on any atom is 0.264 e. The molecule has 22 heavy (non-hydrogen) atoms. The summed E-state index contributed by atoms with van der Waals surface area (Å²) < 4.78 is 1.76. The predicted octanol–water partition coefficient (Wildman–Crippen LogP) is 2.15. The smallest absolute Gasteiger partial charge is 0.264 e. The average molecular weight is 289 g/mol. The van der Waals surface area contributed by atoms with Crippen LogP contribution in [-0.4, -0.2) is 24.8 Å². The molecule has 6 heteroatoms. The van der Waals surface area contributed by atoms with Gasteiger partial charge in [-0.05, 0) is 6.07 Å². The van der Waals surface area contributed by atoms with Crippen molar-refractivity contribution in [2.75, 3.05) is 0 Å². The summed E-state index contributed by atoms with van der Waals surface area (Å²) in [5, 5.41) is 11.2. The second-order valence-corrected chi connectivity index (χ2v) is 4.80. The molecule has 1 N–H and O–H groups in total. The molecule has 3 aromatic heterocycles. The van der Waals surface area contributed by atoms with Crippen LogP contribution in [0.15, 0.2) is 65.8 Å². The van der Waals surface area contributed by atoms with Crippen molar-refractivity contribution in [3.63, 3.8) is 0 Å². The van der Waals surface area contributed by atoms with Gasteiger partial charge in [-0.15, -0.1) is 0 Å². The van der Waals surface area contributed by atoms with Crippen LogP contribution in [0.1, 0.15) is 0 Å². The summed E-state index contributed by atoms with van der Waals surface area (Å²) in [7, 11) is 0. The minimum atomic E-state index is -0.236. The number of aromatic amines is 1. The van der Waals surface area contributed by atoms with E-state index >= 15 is 0 Å². The fourth-order valence-corrected chi connectivity index (χ4v) is 2.43. The number of H-pyrrole nitrogens is 1. The number of nitrogens with one attached hydrogen (secondary N) is 1. The van der Waals surface area contributed by atoms with Gasteiger partial charge >= 0.3 is 0 Å². The Morgan fingerprint density at radius 2 is 1.91 bits per heavy atom. The zero-order valence-electron chi connectivity index (χ0n) is 11.5. The molecule has 0 saturated carbocycles. The van der Waals surface area contributed by atoms with E-state index in [9.17, 15) is 4.79 Å². The van der Waals surface area contributed by atoms with Crippen LogP contribution in [0.5, 0.6) is 0 Å². The number of hydrogen-bond acceptors (Lipinski definition) is 4. The molecule has 0 radical (unpaired) electrons.